The van der Waals surface area contributed by atoms with Gasteiger partial charge in [-0.15, -0.1) is 0 Å². The summed E-state index contributed by atoms with van der Waals surface area (Å²) >= 11 is 0. The van der Waals surface area contributed by atoms with Gasteiger partial charge in [-0.3, -0.25) is 0 Å². The molecule has 0 heterocycles. The predicted molar refractivity (Wildman–Crippen MR) is 38.0 cm³/mol. The van der Waals surface area contributed by atoms with Crippen molar-refractivity contribution >= 4 is 0 Å². The number of rotatable bonds is 4. The highest BCUT2D eigenvalue weighted by molar-refractivity contribution is 4.82. The molecule has 48 valence electrons. The van der Waals surface area contributed by atoms with Crippen molar-refractivity contribution in [1.82, 2.24) is 5.32 Å². The van der Waals surface area contributed by atoms with Crippen LogP contribution in [0.2, 0.25) is 0 Å². The maximum atomic E-state index is 7.38. The summed E-state index contributed by atoms with van der Waals surface area (Å²) in [5.41, 5.74) is 0. The highest BCUT2D eigenvalue weighted by Crippen LogP contribution is 1.85. The molecule has 1 nitrogen and oxygen atoms in total. The van der Waals surface area contributed by atoms with Crippen LogP contribution in [-0.2, 0) is 0 Å². The van der Waals surface area contributed by atoms with Gasteiger partial charge in [-0.2, -0.15) is 0 Å². The van der Waals surface area contributed by atoms with Gasteiger partial charge in [-0.05, 0) is 13.4 Å². The normalized spacial score (nSPS) is 27.8. The first-order valence-electron chi connectivity index (χ1n) is 5.56. The molecule has 0 radical (unpaired) electrons. The van der Waals surface area contributed by atoms with Crippen LogP contribution in [0.3, 0.4) is 0 Å². The fourth-order valence-corrected chi connectivity index (χ4v) is 0.226. The average molecular weight is 119 g/mol. The Bertz CT molecular complexity index is 210. The van der Waals surface area contributed by atoms with Gasteiger partial charge in [0.05, 0.1) is 2.74 Å². The molecule has 0 amide bonds. The molecule has 0 unspecified atom stereocenters. The Morgan fingerprint density at radius 3 is 3.00 bits per heavy atom. The lowest BCUT2D eigenvalue weighted by Gasteiger charge is -1.86. The topological polar surface area (TPSA) is 12.0 Å². The summed E-state index contributed by atoms with van der Waals surface area (Å²) in [7, 11) is 1.32. The van der Waals surface area contributed by atoms with Gasteiger partial charge in [0.1, 0.15) is 0 Å². The summed E-state index contributed by atoms with van der Waals surface area (Å²) in [6.07, 6.45) is -1.89. The third-order valence-corrected chi connectivity index (χ3v) is 0.515. The summed E-state index contributed by atoms with van der Waals surface area (Å²) < 4.78 is 44.1. The van der Waals surface area contributed by atoms with Crippen LogP contribution in [0.25, 0.3) is 0 Å². The Hall–Kier alpha value is -0.300. The van der Waals surface area contributed by atoms with Crippen molar-refractivity contribution < 1.29 is 8.22 Å². The number of likely N-dealkylation sites (N-methyl/N-ethyl adjacent to an activating group) is 1. The molecule has 8 heavy (non-hydrogen) atoms. The van der Waals surface area contributed by atoms with Crippen molar-refractivity contribution in [3.8, 4) is 0 Å². The Morgan fingerprint density at radius 2 is 2.50 bits per heavy atom. The lowest BCUT2D eigenvalue weighted by molar-refractivity contribution is 0.901. The second kappa shape index (κ2) is 6.70. The fraction of sp³-hybridized carbons (Fsp3) is 0.714. The van der Waals surface area contributed by atoms with E-state index in [1.807, 2.05) is 0 Å². The molecule has 0 aromatic carbocycles. The molecule has 1 N–H and O–H groups in total. The van der Waals surface area contributed by atoms with Crippen molar-refractivity contribution in [1.29, 1.82) is 0 Å². The predicted octanol–water partition coefficient (Wildman–Crippen LogP) is 1.56. The summed E-state index contributed by atoms with van der Waals surface area (Å²) in [6, 6.07) is -1.27. The largest absolute Gasteiger partial charge is 0.316 e. The molecule has 0 aliphatic rings. The van der Waals surface area contributed by atoms with E-state index in [0.29, 0.717) is 0 Å². The molecular weight excluding hydrogens is 98.1 g/mol. The third kappa shape index (κ3) is 5.70. The van der Waals surface area contributed by atoms with Gasteiger partial charge < -0.3 is 5.32 Å². The molecule has 0 fully saturated rings. The Morgan fingerprint density at radius 1 is 1.75 bits per heavy atom. The summed E-state index contributed by atoms with van der Waals surface area (Å²) in [4.78, 5) is 0. The van der Waals surface area contributed by atoms with Crippen LogP contribution in [-0.4, -0.2) is 13.5 Å². The van der Waals surface area contributed by atoms with Crippen LogP contribution < -0.4 is 5.32 Å². The van der Waals surface area contributed by atoms with Crippen LogP contribution in [0.5, 0.6) is 0 Å². The zero-order valence-corrected chi connectivity index (χ0v) is 5.21. The molecule has 0 saturated carbocycles. The Balaban J connectivity index is 5.12. The smallest absolute Gasteiger partial charge is 0.0586 e. The molecule has 0 aliphatic heterocycles. The molecule has 0 saturated heterocycles. The summed E-state index contributed by atoms with van der Waals surface area (Å²) in [5, 5.41) is 2.22. The lowest BCUT2D eigenvalue weighted by Crippen LogP contribution is -2.03. The maximum Gasteiger partial charge on any atom is 0.0586 e. The van der Waals surface area contributed by atoms with Crippen molar-refractivity contribution in [3.05, 3.63) is 12.1 Å². The van der Waals surface area contributed by atoms with E-state index >= 15 is 0 Å². The van der Waals surface area contributed by atoms with Crippen molar-refractivity contribution in [2.24, 2.45) is 0 Å². The molecule has 0 spiro atoms. The van der Waals surface area contributed by atoms with E-state index in [1.54, 1.807) is 6.92 Å². The maximum absolute atomic E-state index is 7.38. The van der Waals surface area contributed by atoms with Gasteiger partial charge in [-0.25, -0.2) is 0 Å². The van der Waals surface area contributed by atoms with E-state index in [-0.39, 0.29) is 6.42 Å². The van der Waals surface area contributed by atoms with Crippen LogP contribution in [0.1, 0.15) is 27.9 Å². The quantitative estimate of drug-likeness (QED) is 0.554. The Labute approximate surface area is 60.2 Å². The third-order valence-electron chi connectivity index (χ3n) is 0.515. The van der Waals surface area contributed by atoms with Gasteiger partial charge in [0, 0.05) is 12.0 Å². The summed E-state index contributed by atoms with van der Waals surface area (Å²) in [6.45, 7) is -0.601. The second-order valence-electron chi connectivity index (χ2n) is 1.16. The van der Waals surface area contributed by atoms with E-state index in [2.05, 4.69) is 5.32 Å². The zero-order chi connectivity index (χ0) is 11.6. The first-order valence-corrected chi connectivity index (χ1v) is 2.56. The molecular formula is C7H15N. The highest BCUT2D eigenvalue weighted by atomic mass is 14.8. The van der Waals surface area contributed by atoms with E-state index in [9.17, 15) is 0 Å². The molecule has 0 bridgehead atoms. The monoisotopic (exact) mass is 119 g/mol. The van der Waals surface area contributed by atoms with Gasteiger partial charge in [0.15, 0.2) is 0 Å². The van der Waals surface area contributed by atoms with Gasteiger partial charge >= 0.3 is 0 Å². The molecule has 0 aromatic heterocycles. The number of nitrogens with one attached hydrogen (secondary N) is 1. The number of hydrogen-bond acceptors (Lipinski definition) is 1. The highest BCUT2D eigenvalue weighted by Gasteiger charge is 1.70. The summed E-state index contributed by atoms with van der Waals surface area (Å²) in [5.74, 6) is 0. The van der Waals surface area contributed by atoms with Crippen LogP contribution in [0, 0.1) is 0 Å². The molecule has 0 aromatic rings. The fourth-order valence-electron chi connectivity index (χ4n) is 0.226. The molecule has 1 heteroatoms. The molecule has 0 aliphatic carbocycles. The first kappa shape index (κ1) is 2.14. The minimum atomic E-state index is -2.15. The second-order valence-corrected chi connectivity index (χ2v) is 1.16. The number of allylic oxidation sites excluding steroid dienone is 1. The van der Waals surface area contributed by atoms with Gasteiger partial charge in [0.2, 0.25) is 0 Å². The first-order chi connectivity index (χ1) is 6.19. The van der Waals surface area contributed by atoms with Crippen molar-refractivity contribution in [2.45, 2.75) is 19.7 Å². The van der Waals surface area contributed by atoms with Crippen LogP contribution in [0.15, 0.2) is 12.1 Å². The van der Waals surface area contributed by atoms with Crippen molar-refractivity contribution in [3.63, 3.8) is 0 Å². The van der Waals surface area contributed by atoms with Crippen LogP contribution in [0.4, 0.5) is 0 Å². The minimum Gasteiger partial charge on any atom is -0.316 e. The molecule has 0 rings (SSSR count). The van der Waals surface area contributed by atoms with Crippen molar-refractivity contribution in [2.75, 3.05) is 13.5 Å². The standard InChI is InChI=1S/C7H15N/c1-3-4-5-6-7-8-2/h5-6,8H,3-4,7H2,1-2H3/b6-5+/i4D2,5D,6D,7D2. The number of hydrogen-bond donors (Lipinski definition) is 1. The van der Waals surface area contributed by atoms with Crippen LogP contribution >= 0.6 is 0 Å². The SMILES string of the molecule is [2H]/C(=C(/[2H])C([2H])([2H])NC)C([2H])([2H])CC. The Kier molecular flexibility index (Phi) is 1.79. The van der Waals surface area contributed by atoms with E-state index in [0.717, 1.165) is 0 Å². The van der Waals surface area contributed by atoms with E-state index in [4.69, 9.17) is 8.22 Å². The average Bonchev–Trinajstić information content (AvgIpc) is 2.15. The molecule has 0 atom stereocenters. The van der Waals surface area contributed by atoms with Gasteiger partial charge in [0.25, 0.3) is 0 Å². The minimum absolute atomic E-state index is 0.0496. The van der Waals surface area contributed by atoms with E-state index < -0.39 is 25.0 Å². The van der Waals surface area contributed by atoms with E-state index in [1.165, 1.54) is 7.05 Å². The zero-order valence-electron chi connectivity index (χ0n) is 11.2. The van der Waals surface area contributed by atoms with Gasteiger partial charge in [-0.1, -0.05) is 25.4 Å². The lowest BCUT2D eigenvalue weighted by atomic mass is 10.3.